The van der Waals surface area contributed by atoms with E-state index in [9.17, 15) is 39.0 Å². The molecule has 380 valence electrons. The van der Waals surface area contributed by atoms with Gasteiger partial charge in [0.15, 0.2) is 0 Å². The molecule has 4 fully saturated rings. The van der Waals surface area contributed by atoms with Crippen molar-refractivity contribution in [3.63, 3.8) is 0 Å². The van der Waals surface area contributed by atoms with Gasteiger partial charge < -0.3 is 50.7 Å². The molecule has 16 heteroatoms. The zero-order valence-corrected chi connectivity index (χ0v) is 41.4. The predicted molar refractivity (Wildman–Crippen MR) is 256 cm³/mol. The molecule has 4 amide bonds. The van der Waals surface area contributed by atoms with Gasteiger partial charge in [0.25, 0.3) is 0 Å². The maximum atomic E-state index is 12.7. The first-order valence-electron chi connectivity index (χ1n) is 23.9. The number of imide groups is 2. The first-order valence-corrected chi connectivity index (χ1v) is 23.9. The Bertz CT molecular complexity index is 1780. The molecular formula is C52H80N4O12. The normalized spacial score (nSPS) is 25.1. The van der Waals surface area contributed by atoms with Gasteiger partial charge in [0.05, 0.1) is 100 Å². The van der Waals surface area contributed by atoms with Crippen LogP contribution in [0.5, 0.6) is 0 Å². The lowest BCUT2D eigenvalue weighted by molar-refractivity contribution is -0.921. The third-order valence-electron chi connectivity index (χ3n) is 16.1. The van der Waals surface area contributed by atoms with Gasteiger partial charge in [-0.05, 0) is 116 Å². The summed E-state index contributed by atoms with van der Waals surface area (Å²) in [6, 6.07) is 15.5. The third-order valence-corrected chi connectivity index (χ3v) is 16.1. The van der Waals surface area contributed by atoms with Crippen molar-refractivity contribution in [2.75, 3.05) is 52.4 Å². The number of hydrogen-bond donors (Lipinski definition) is 0. The quantitative estimate of drug-likeness (QED) is 0.131. The van der Waals surface area contributed by atoms with E-state index in [0.717, 1.165) is 33.8 Å². The Balaban J connectivity index is 0.000000485. The first-order chi connectivity index (χ1) is 30.6. The molecule has 2 aromatic carbocycles. The fourth-order valence-electron chi connectivity index (χ4n) is 11.4. The highest BCUT2D eigenvalue weighted by Gasteiger charge is 2.61. The minimum atomic E-state index is -1.38. The number of carboxylic acids is 2. The maximum absolute atomic E-state index is 12.7. The smallest absolute Gasteiger partial charge is 0.234 e. The number of aliphatic carboxylic acids is 2. The van der Waals surface area contributed by atoms with Crippen LogP contribution in [0.4, 0.5) is 0 Å². The monoisotopic (exact) mass is 953 g/mol. The average molecular weight is 953 g/mol. The molecular weight excluding hydrogens is 873 g/mol. The van der Waals surface area contributed by atoms with Crippen molar-refractivity contribution in [2.45, 2.75) is 93.2 Å². The first kappa shape index (κ1) is 60.9. The minimum Gasteiger partial charge on any atom is -0.548 e. The summed E-state index contributed by atoms with van der Waals surface area (Å²) in [5, 5.41) is 23.2. The molecule has 2 heterocycles. The molecule has 8 N–H and O–H groups in total. The molecule has 0 unspecified atom stereocenters. The van der Waals surface area contributed by atoms with Crippen LogP contribution in [-0.2, 0) is 41.6 Å². The molecule has 8 rings (SSSR count). The number of quaternary nitrogens is 2. The number of allylic oxidation sites excluding steroid dienone is 4. The fraction of sp³-hybridized carbons (Fsp3) is 0.577. The SMILES string of the molecule is CC[N+](CC)(CC)CC.CC[N+](CC)(CC)CC.O.O.O.O.O=C([O-])[C@H](Cc1ccccc1)N1C(=O)[C@@H]2[C@H](C1=O)[C@@H]1C=C[C@H]2C1.O=C([O-])[C@H](Cc1ccccc1)N1C(=O)[C@@H]2[C@H](C1=O)[C@@H]1C=C[C@H]2C1. The third kappa shape index (κ3) is 12.4. The van der Waals surface area contributed by atoms with Crippen LogP contribution < -0.4 is 10.2 Å². The number of carboxylic acid groups (broad SMARTS) is 2. The van der Waals surface area contributed by atoms with E-state index in [0.29, 0.717) is 0 Å². The van der Waals surface area contributed by atoms with Gasteiger partial charge in [0.1, 0.15) is 0 Å². The van der Waals surface area contributed by atoms with Crippen LogP contribution in [0.2, 0.25) is 0 Å². The van der Waals surface area contributed by atoms with E-state index in [4.69, 9.17) is 0 Å². The summed E-state index contributed by atoms with van der Waals surface area (Å²) in [5.74, 6) is -5.36. The summed E-state index contributed by atoms with van der Waals surface area (Å²) in [5.41, 5.74) is 1.53. The summed E-state index contributed by atoms with van der Waals surface area (Å²) in [6.45, 7) is 28.4. The number of hydrogen-bond acceptors (Lipinski definition) is 8. The second-order valence-corrected chi connectivity index (χ2v) is 18.4. The van der Waals surface area contributed by atoms with Crippen molar-refractivity contribution in [2.24, 2.45) is 47.3 Å². The lowest BCUT2D eigenvalue weighted by atomic mass is 9.85. The van der Waals surface area contributed by atoms with E-state index in [1.54, 1.807) is 48.5 Å². The van der Waals surface area contributed by atoms with E-state index in [1.165, 1.54) is 61.3 Å². The summed E-state index contributed by atoms with van der Waals surface area (Å²) in [7, 11) is 0. The molecule has 16 nitrogen and oxygen atoms in total. The van der Waals surface area contributed by atoms with E-state index >= 15 is 0 Å². The molecule has 4 bridgehead atoms. The van der Waals surface area contributed by atoms with Gasteiger partial charge in [-0.1, -0.05) is 85.0 Å². The van der Waals surface area contributed by atoms with Crippen LogP contribution >= 0.6 is 0 Å². The molecule has 2 saturated heterocycles. The number of benzene rings is 2. The Labute approximate surface area is 403 Å². The molecule has 2 aliphatic heterocycles. The molecule has 0 spiro atoms. The Kier molecular flexibility index (Phi) is 23.8. The number of fused-ring (bicyclic) bond motifs is 10. The highest BCUT2D eigenvalue weighted by Crippen LogP contribution is 2.54. The molecule has 2 aromatic rings. The van der Waals surface area contributed by atoms with Gasteiger partial charge in [-0.25, -0.2) is 0 Å². The number of carbonyl (C=O) groups excluding carboxylic acids is 6. The topological polar surface area (TPSA) is 281 Å². The number of likely N-dealkylation sites (tertiary alicyclic amines) is 2. The fourth-order valence-corrected chi connectivity index (χ4v) is 11.4. The van der Waals surface area contributed by atoms with E-state index in [1.807, 2.05) is 36.4 Å². The Morgan fingerprint density at radius 2 is 0.676 bits per heavy atom. The van der Waals surface area contributed by atoms with Crippen molar-refractivity contribution in [1.82, 2.24) is 9.80 Å². The van der Waals surface area contributed by atoms with Gasteiger partial charge in [-0.3, -0.25) is 29.0 Å². The second kappa shape index (κ2) is 26.6. The van der Waals surface area contributed by atoms with Crippen molar-refractivity contribution < 1.29 is 69.9 Å². The van der Waals surface area contributed by atoms with Crippen LogP contribution in [0.15, 0.2) is 85.0 Å². The van der Waals surface area contributed by atoms with Crippen LogP contribution in [-0.4, -0.2) is 141 Å². The highest BCUT2D eigenvalue weighted by molar-refractivity contribution is 6.09. The predicted octanol–water partition coefficient (Wildman–Crippen LogP) is 0.776. The van der Waals surface area contributed by atoms with Crippen molar-refractivity contribution in [1.29, 1.82) is 0 Å². The Morgan fingerprint density at radius 3 is 0.853 bits per heavy atom. The minimum absolute atomic E-state index is 0. The zero-order valence-electron chi connectivity index (χ0n) is 41.4. The van der Waals surface area contributed by atoms with Gasteiger partial charge >= 0.3 is 0 Å². The number of carbonyl (C=O) groups is 6. The largest absolute Gasteiger partial charge is 0.548 e. The van der Waals surface area contributed by atoms with Crippen molar-refractivity contribution in [3.05, 3.63) is 96.1 Å². The number of nitrogens with zero attached hydrogens (tertiary/aromatic N) is 4. The van der Waals surface area contributed by atoms with Gasteiger partial charge in [-0.15, -0.1) is 0 Å². The standard InChI is InChI=1S/2C18H17NO4.2C8H20N.4H2O/c2*20-16-14-11-6-7-12(9-11)15(14)17(21)19(16)13(18(22)23)8-10-4-2-1-3-5-10;2*1-5-9(6-2,7-3)8-4;;;;/h2*1-7,11-15H,8-9H2,(H,22,23);2*5-8H2,1-4H3;4*1H2/q;;2*+1;;;;/p-2/t2*11-,12+,13-,14-,15+;;;;;;/m00....../s1. The average Bonchev–Trinajstić information content (AvgIpc) is 4.19. The van der Waals surface area contributed by atoms with Gasteiger partial charge in [-0.2, -0.15) is 0 Å². The lowest BCUT2D eigenvalue weighted by Gasteiger charge is -2.34. The van der Waals surface area contributed by atoms with Gasteiger partial charge in [0, 0.05) is 0 Å². The van der Waals surface area contributed by atoms with Gasteiger partial charge in [0.2, 0.25) is 23.6 Å². The Morgan fingerprint density at radius 1 is 0.456 bits per heavy atom. The molecule has 0 radical (unpaired) electrons. The van der Waals surface area contributed by atoms with Crippen molar-refractivity contribution in [3.8, 4) is 0 Å². The molecule has 6 aliphatic rings. The molecule has 68 heavy (non-hydrogen) atoms. The number of rotatable bonds is 16. The Hall–Kier alpha value is -5.10. The number of amides is 4. The molecule has 0 aromatic heterocycles. The van der Waals surface area contributed by atoms with Crippen LogP contribution in [0.25, 0.3) is 0 Å². The van der Waals surface area contributed by atoms with Crippen LogP contribution in [0.1, 0.15) is 79.4 Å². The summed E-state index contributed by atoms with van der Waals surface area (Å²) in [6.07, 6.45) is 9.80. The summed E-state index contributed by atoms with van der Waals surface area (Å²) in [4.78, 5) is 76.0. The van der Waals surface area contributed by atoms with Crippen LogP contribution in [0, 0.1) is 47.3 Å². The van der Waals surface area contributed by atoms with Crippen LogP contribution in [0.3, 0.4) is 0 Å². The summed E-state index contributed by atoms with van der Waals surface area (Å²) >= 11 is 0. The molecule has 2 saturated carbocycles. The van der Waals surface area contributed by atoms with E-state index < -0.39 is 24.0 Å². The highest BCUT2D eigenvalue weighted by atomic mass is 16.4. The maximum Gasteiger partial charge on any atom is 0.234 e. The zero-order chi connectivity index (χ0) is 46.9. The lowest BCUT2D eigenvalue weighted by Crippen LogP contribution is -2.52. The molecule has 10 atom stereocenters. The summed E-state index contributed by atoms with van der Waals surface area (Å²) < 4.78 is 2.56. The van der Waals surface area contributed by atoms with E-state index in [-0.39, 0.29) is 106 Å². The van der Waals surface area contributed by atoms with E-state index in [2.05, 4.69) is 55.4 Å². The molecule has 4 aliphatic carbocycles. The second-order valence-electron chi connectivity index (χ2n) is 18.4. The van der Waals surface area contributed by atoms with Crippen molar-refractivity contribution >= 4 is 35.6 Å².